The summed E-state index contributed by atoms with van der Waals surface area (Å²) < 4.78 is 4.95. The highest BCUT2D eigenvalue weighted by atomic mass is 32.2. The molecule has 36 heavy (non-hydrogen) atoms. The first kappa shape index (κ1) is 26.1. The monoisotopic (exact) mass is 527 g/mol. The van der Waals surface area contributed by atoms with Gasteiger partial charge in [-0.25, -0.2) is 4.79 Å². The fraction of sp³-hybridized carbons (Fsp3) is 0.423. The number of rotatable bonds is 12. The highest BCUT2D eigenvalue weighted by Gasteiger charge is 2.32. The molecule has 3 aromatic rings. The van der Waals surface area contributed by atoms with Crippen LogP contribution in [-0.4, -0.2) is 41.3 Å². The van der Waals surface area contributed by atoms with Gasteiger partial charge in [0.2, 0.25) is 0 Å². The van der Waals surface area contributed by atoms with Crippen LogP contribution in [0.4, 0.5) is 9.80 Å². The second-order valence-electron chi connectivity index (χ2n) is 8.64. The number of hydrogen-bond acceptors (Lipinski definition) is 7. The lowest BCUT2D eigenvalue weighted by Gasteiger charge is -2.23. The molecule has 0 saturated carbocycles. The second-order valence-corrected chi connectivity index (χ2v) is 10.9. The molecular formula is C26H33N5O3S2. The summed E-state index contributed by atoms with van der Waals surface area (Å²) in [6.07, 6.45) is 6.10. The number of unbranched alkanes of at least 4 members (excludes halogenated alkanes) is 3. The number of anilines is 1. The minimum absolute atomic E-state index is 0.00948. The van der Waals surface area contributed by atoms with Gasteiger partial charge in [0, 0.05) is 38.0 Å². The fourth-order valence-corrected chi connectivity index (χ4v) is 6.17. The number of carbonyl (C=O) groups excluding carboxylic acids is 2. The van der Waals surface area contributed by atoms with Crippen LogP contribution in [0.15, 0.2) is 53.3 Å². The van der Waals surface area contributed by atoms with Gasteiger partial charge in [-0.2, -0.15) is 0 Å². The zero-order valence-corrected chi connectivity index (χ0v) is 22.1. The van der Waals surface area contributed by atoms with Gasteiger partial charge >= 0.3 is 6.03 Å². The average molecular weight is 528 g/mol. The summed E-state index contributed by atoms with van der Waals surface area (Å²) in [5, 5.41) is 13.7. The molecule has 1 fully saturated rings. The van der Waals surface area contributed by atoms with Crippen molar-refractivity contribution in [1.82, 2.24) is 21.1 Å². The SMILES string of the molecule is CCCCCCNC(=O)NCc1ccc(CNC(=O)C2SCCN2c2ccc(-c3ccon3)s2)cc1. The lowest BCUT2D eigenvalue weighted by Crippen LogP contribution is -2.41. The largest absolute Gasteiger partial charge is 0.364 e. The third-order valence-corrected chi connectivity index (χ3v) is 8.29. The van der Waals surface area contributed by atoms with Crippen molar-refractivity contribution in [3.63, 3.8) is 0 Å². The second kappa shape index (κ2) is 13.4. The summed E-state index contributed by atoms with van der Waals surface area (Å²) in [5.74, 6) is 0.916. The molecule has 1 atom stereocenters. The van der Waals surface area contributed by atoms with Gasteiger partial charge in [0.05, 0.1) is 9.88 Å². The Labute approximate surface area is 220 Å². The number of amides is 3. The molecule has 10 heteroatoms. The molecular weight excluding hydrogens is 494 g/mol. The summed E-state index contributed by atoms with van der Waals surface area (Å²) in [6, 6.07) is 13.7. The van der Waals surface area contributed by atoms with Gasteiger partial charge in [-0.05, 0) is 29.7 Å². The van der Waals surface area contributed by atoms with Crippen LogP contribution >= 0.6 is 23.1 Å². The third kappa shape index (κ3) is 7.27. The molecule has 0 spiro atoms. The standard InChI is InChI=1S/C26H33N5O3S2/c1-2-3-4-5-13-27-26(33)29-18-20-8-6-19(7-9-20)17-28-24(32)25-31(14-16-35-25)23-11-10-22(36-23)21-12-15-34-30-21/h6-12,15,25H,2-5,13-14,16-18H2,1H3,(H,28,32)(H2,27,29,33). The first-order chi connectivity index (χ1) is 17.6. The average Bonchev–Trinajstić information content (AvgIpc) is 3.67. The van der Waals surface area contributed by atoms with E-state index in [1.807, 2.05) is 42.5 Å². The molecule has 0 aliphatic carbocycles. The first-order valence-electron chi connectivity index (χ1n) is 12.4. The molecule has 1 unspecified atom stereocenters. The normalized spacial score (nSPS) is 15.1. The Morgan fingerprint density at radius 1 is 1.00 bits per heavy atom. The number of nitrogens with one attached hydrogen (secondary N) is 3. The Balaban J connectivity index is 1.21. The van der Waals surface area contributed by atoms with E-state index in [0.29, 0.717) is 19.6 Å². The highest BCUT2D eigenvalue weighted by molar-refractivity contribution is 8.01. The smallest absolute Gasteiger partial charge is 0.315 e. The maximum Gasteiger partial charge on any atom is 0.315 e. The first-order valence-corrected chi connectivity index (χ1v) is 14.3. The van der Waals surface area contributed by atoms with Gasteiger partial charge in [-0.15, -0.1) is 23.1 Å². The summed E-state index contributed by atoms with van der Waals surface area (Å²) in [7, 11) is 0. The summed E-state index contributed by atoms with van der Waals surface area (Å²) in [6.45, 7) is 4.64. The lowest BCUT2D eigenvalue weighted by atomic mass is 10.1. The molecule has 8 nitrogen and oxygen atoms in total. The molecule has 3 heterocycles. The van der Waals surface area contributed by atoms with Gasteiger partial charge in [0.1, 0.15) is 12.0 Å². The number of aromatic nitrogens is 1. The number of benzene rings is 1. The maximum atomic E-state index is 13.0. The van der Waals surface area contributed by atoms with Crippen molar-refractivity contribution in [2.45, 2.75) is 51.1 Å². The van der Waals surface area contributed by atoms with E-state index in [0.717, 1.165) is 51.8 Å². The number of hydrogen-bond donors (Lipinski definition) is 3. The molecule has 3 amide bonds. The highest BCUT2D eigenvalue weighted by Crippen LogP contribution is 2.38. The minimum Gasteiger partial charge on any atom is -0.364 e. The number of urea groups is 1. The van der Waals surface area contributed by atoms with Crippen LogP contribution in [-0.2, 0) is 17.9 Å². The van der Waals surface area contributed by atoms with Gasteiger partial charge in [-0.1, -0.05) is 55.6 Å². The van der Waals surface area contributed by atoms with Crippen LogP contribution in [0, 0.1) is 0 Å². The van der Waals surface area contributed by atoms with Crippen molar-refractivity contribution in [3.05, 3.63) is 59.9 Å². The quantitative estimate of drug-likeness (QED) is 0.287. The molecule has 1 aromatic carbocycles. The van der Waals surface area contributed by atoms with Crippen LogP contribution in [0.3, 0.4) is 0 Å². The molecule has 192 valence electrons. The maximum absolute atomic E-state index is 13.0. The van der Waals surface area contributed by atoms with Gasteiger partial charge in [-0.3, -0.25) is 4.79 Å². The van der Waals surface area contributed by atoms with Gasteiger partial charge in [0.25, 0.3) is 5.91 Å². The van der Waals surface area contributed by atoms with Crippen molar-refractivity contribution in [2.24, 2.45) is 0 Å². The van der Waals surface area contributed by atoms with E-state index in [1.165, 1.54) is 12.8 Å². The van der Waals surface area contributed by atoms with Crippen LogP contribution in [0.25, 0.3) is 10.6 Å². The van der Waals surface area contributed by atoms with Gasteiger partial charge < -0.3 is 25.4 Å². The van der Waals surface area contributed by atoms with Crippen LogP contribution in [0.1, 0.15) is 43.7 Å². The molecule has 1 aliphatic heterocycles. The minimum atomic E-state index is -0.252. The van der Waals surface area contributed by atoms with Gasteiger partial charge in [0.15, 0.2) is 5.37 Å². The molecule has 1 saturated heterocycles. The predicted octanol–water partition coefficient (Wildman–Crippen LogP) is 4.98. The third-order valence-electron chi connectivity index (χ3n) is 5.94. The lowest BCUT2D eigenvalue weighted by molar-refractivity contribution is -0.120. The van der Waals surface area contributed by atoms with E-state index in [9.17, 15) is 9.59 Å². The predicted molar refractivity (Wildman–Crippen MR) is 146 cm³/mol. The number of thiophene rings is 1. The summed E-state index contributed by atoms with van der Waals surface area (Å²) >= 11 is 3.27. The van der Waals surface area contributed by atoms with Crippen LogP contribution in [0.5, 0.6) is 0 Å². The summed E-state index contributed by atoms with van der Waals surface area (Å²) in [4.78, 5) is 28.1. The Morgan fingerprint density at radius 2 is 1.78 bits per heavy atom. The zero-order valence-electron chi connectivity index (χ0n) is 20.5. The van der Waals surface area contributed by atoms with Crippen molar-refractivity contribution in [3.8, 4) is 10.6 Å². The van der Waals surface area contributed by atoms with Crippen molar-refractivity contribution < 1.29 is 14.1 Å². The Bertz CT molecular complexity index is 1100. The van der Waals surface area contributed by atoms with Crippen molar-refractivity contribution in [2.75, 3.05) is 23.7 Å². The van der Waals surface area contributed by atoms with Crippen LogP contribution in [0.2, 0.25) is 0 Å². The van der Waals surface area contributed by atoms with E-state index in [-0.39, 0.29) is 17.3 Å². The number of carbonyl (C=O) groups is 2. The number of thioether (sulfide) groups is 1. The Kier molecular flexibility index (Phi) is 9.68. The molecule has 2 aromatic heterocycles. The Morgan fingerprint density at radius 3 is 2.50 bits per heavy atom. The molecule has 0 radical (unpaired) electrons. The van der Waals surface area contributed by atoms with E-state index in [2.05, 4.69) is 32.9 Å². The van der Waals surface area contributed by atoms with E-state index < -0.39 is 0 Å². The number of nitrogens with zero attached hydrogens (tertiary/aromatic N) is 2. The fourth-order valence-electron chi connectivity index (χ4n) is 3.92. The topological polar surface area (TPSA) is 99.5 Å². The molecule has 3 N–H and O–H groups in total. The zero-order chi connectivity index (χ0) is 25.2. The van der Waals surface area contributed by atoms with Crippen molar-refractivity contribution >= 4 is 40.0 Å². The molecule has 1 aliphatic rings. The molecule has 4 rings (SSSR count). The Hall–Kier alpha value is -2.98. The van der Waals surface area contributed by atoms with E-state index >= 15 is 0 Å². The van der Waals surface area contributed by atoms with Crippen molar-refractivity contribution in [1.29, 1.82) is 0 Å². The van der Waals surface area contributed by atoms with E-state index in [1.54, 1.807) is 29.4 Å². The summed E-state index contributed by atoms with van der Waals surface area (Å²) in [5.41, 5.74) is 2.84. The van der Waals surface area contributed by atoms with Crippen LogP contribution < -0.4 is 20.9 Å². The van der Waals surface area contributed by atoms with E-state index in [4.69, 9.17) is 4.52 Å². The molecule has 0 bridgehead atoms.